The third kappa shape index (κ3) is 2.47. The SMILES string of the molecule is O[C@@H](CCl)c1ccc(Br)cc1. The van der Waals surface area contributed by atoms with Gasteiger partial charge in [-0.05, 0) is 17.7 Å². The maximum absolute atomic E-state index is 9.27. The average molecular weight is 236 g/mol. The Morgan fingerprint density at radius 2 is 1.91 bits per heavy atom. The van der Waals surface area contributed by atoms with Gasteiger partial charge < -0.3 is 5.11 Å². The zero-order valence-electron chi connectivity index (χ0n) is 5.80. The van der Waals surface area contributed by atoms with Crippen molar-refractivity contribution in [1.82, 2.24) is 0 Å². The molecular formula is C8H8BrClO. The molecule has 0 aliphatic carbocycles. The van der Waals surface area contributed by atoms with E-state index in [1.807, 2.05) is 24.3 Å². The molecule has 0 spiro atoms. The van der Waals surface area contributed by atoms with Crippen molar-refractivity contribution in [3.05, 3.63) is 34.3 Å². The van der Waals surface area contributed by atoms with E-state index in [0.717, 1.165) is 10.0 Å². The molecule has 1 atom stereocenters. The lowest BCUT2D eigenvalue weighted by atomic mass is 10.1. The molecule has 1 aromatic carbocycles. The highest BCUT2D eigenvalue weighted by Gasteiger charge is 2.03. The van der Waals surface area contributed by atoms with Gasteiger partial charge in [0.2, 0.25) is 0 Å². The van der Waals surface area contributed by atoms with Crippen molar-refractivity contribution in [2.45, 2.75) is 6.10 Å². The van der Waals surface area contributed by atoms with Crippen molar-refractivity contribution in [3.8, 4) is 0 Å². The smallest absolute Gasteiger partial charge is 0.0925 e. The lowest BCUT2D eigenvalue weighted by Gasteiger charge is -2.05. The van der Waals surface area contributed by atoms with Crippen LogP contribution in [0.3, 0.4) is 0 Å². The van der Waals surface area contributed by atoms with Crippen LogP contribution in [0.4, 0.5) is 0 Å². The maximum Gasteiger partial charge on any atom is 0.0925 e. The minimum Gasteiger partial charge on any atom is -0.387 e. The first-order chi connectivity index (χ1) is 5.24. The third-order valence-corrected chi connectivity index (χ3v) is 2.22. The van der Waals surface area contributed by atoms with E-state index < -0.39 is 6.10 Å². The molecule has 1 aromatic rings. The maximum atomic E-state index is 9.27. The standard InChI is InChI=1S/C8H8BrClO/c9-7-3-1-6(2-4-7)8(11)5-10/h1-4,8,11H,5H2/t8-/m0/s1. The predicted octanol–water partition coefficient (Wildman–Crippen LogP) is 2.72. The Morgan fingerprint density at radius 1 is 1.36 bits per heavy atom. The van der Waals surface area contributed by atoms with E-state index in [-0.39, 0.29) is 5.88 Å². The third-order valence-electron chi connectivity index (χ3n) is 1.40. The molecule has 0 aliphatic rings. The van der Waals surface area contributed by atoms with Crippen molar-refractivity contribution < 1.29 is 5.11 Å². The summed E-state index contributed by atoms with van der Waals surface area (Å²) in [5.74, 6) is 0.238. The van der Waals surface area contributed by atoms with Gasteiger partial charge in [0.05, 0.1) is 12.0 Å². The van der Waals surface area contributed by atoms with Crippen molar-refractivity contribution in [3.63, 3.8) is 0 Å². The molecule has 60 valence electrons. The molecule has 0 heterocycles. The van der Waals surface area contributed by atoms with E-state index in [1.54, 1.807) is 0 Å². The molecule has 0 radical (unpaired) electrons. The van der Waals surface area contributed by atoms with Gasteiger partial charge in [0, 0.05) is 4.47 Å². The molecule has 3 heteroatoms. The highest BCUT2D eigenvalue weighted by atomic mass is 79.9. The molecule has 0 amide bonds. The number of rotatable bonds is 2. The Balaban J connectivity index is 2.81. The molecule has 0 aromatic heterocycles. The van der Waals surface area contributed by atoms with Crippen LogP contribution in [0.5, 0.6) is 0 Å². The Labute approximate surface area is 79.1 Å². The van der Waals surface area contributed by atoms with E-state index in [9.17, 15) is 5.11 Å². The first-order valence-corrected chi connectivity index (χ1v) is 4.56. The number of hydrogen-bond donors (Lipinski definition) is 1. The summed E-state index contributed by atoms with van der Waals surface area (Å²) in [6.07, 6.45) is -0.551. The van der Waals surface area contributed by atoms with Gasteiger partial charge in [-0.3, -0.25) is 0 Å². The zero-order valence-corrected chi connectivity index (χ0v) is 8.14. The molecule has 0 unspecified atom stereocenters. The molecule has 0 aliphatic heterocycles. The second kappa shape index (κ2) is 4.10. The van der Waals surface area contributed by atoms with Crippen LogP contribution in [0.1, 0.15) is 11.7 Å². The number of halogens is 2. The Morgan fingerprint density at radius 3 is 2.36 bits per heavy atom. The molecule has 0 fully saturated rings. The lowest BCUT2D eigenvalue weighted by Crippen LogP contribution is -1.97. The van der Waals surface area contributed by atoms with Crippen LogP contribution in [0.15, 0.2) is 28.7 Å². The molecule has 1 N–H and O–H groups in total. The molecule has 0 bridgehead atoms. The van der Waals surface area contributed by atoms with Gasteiger partial charge in [0.1, 0.15) is 0 Å². The van der Waals surface area contributed by atoms with Gasteiger partial charge in [-0.1, -0.05) is 28.1 Å². The summed E-state index contributed by atoms with van der Waals surface area (Å²) in [7, 11) is 0. The summed E-state index contributed by atoms with van der Waals surface area (Å²) in [6, 6.07) is 7.45. The molecule has 11 heavy (non-hydrogen) atoms. The molecule has 1 nitrogen and oxygen atoms in total. The van der Waals surface area contributed by atoms with Crippen molar-refractivity contribution in [1.29, 1.82) is 0 Å². The summed E-state index contributed by atoms with van der Waals surface area (Å²) in [6.45, 7) is 0. The van der Waals surface area contributed by atoms with E-state index in [4.69, 9.17) is 11.6 Å². The first-order valence-electron chi connectivity index (χ1n) is 3.23. The van der Waals surface area contributed by atoms with Gasteiger partial charge in [-0.2, -0.15) is 0 Å². The summed E-state index contributed by atoms with van der Waals surface area (Å²) >= 11 is 8.77. The number of aliphatic hydroxyl groups is 1. The number of aliphatic hydroxyl groups excluding tert-OH is 1. The Kier molecular flexibility index (Phi) is 3.37. The van der Waals surface area contributed by atoms with Gasteiger partial charge in [-0.25, -0.2) is 0 Å². The van der Waals surface area contributed by atoms with Gasteiger partial charge >= 0.3 is 0 Å². The highest BCUT2D eigenvalue weighted by Crippen LogP contribution is 2.17. The van der Waals surface area contributed by atoms with E-state index in [1.165, 1.54) is 0 Å². The second-order valence-corrected chi connectivity index (χ2v) is 3.45. The fourth-order valence-corrected chi connectivity index (χ4v) is 1.22. The van der Waals surface area contributed by atoms with E-state index in [2.05, 4.69) is 15.9 Å². The van der Waals surface area contributed by atoms with Gasteiger partial charge in [0.25, 0.3) is 0 Å². The quantitative estimate of drug-likeness (QED) is 0.782. The van der Waals surface area contributed by atoms with Crippen molar-refractivity contribution >= 4 is 27.5 Å². The normalized spacial score (nSPS) is 13.0. The summed E-state index contributed by atoms with van der Waals surface area (Å²) in [5, 5.41) is 9.27. The minimum atomic E-state index is -0.551. The van der Waals surface area contributed by atoms with Gasteiger partial charge in [0.15, 0.2) is 0 Å². The summed E-state index contributed by atoms with van der Waals surface area (Å²) in [5.41, 5.74) is 0.850. The summed E-state index contributed by atoms with van der Waals surface area (Å²) < 4.78 is 1.00. The van der Waals surface area contributed by atoms with Crippen LogP contribution >= 0.6 is 27.5 Å². The Bertz CT molecular complexity index is 222. The van der Waals surface area contributed by atoms with Crippen molar-refractivity contribution in [2.75, 3.05) is 5.88 Å². The van der Waals surface area contributed by atoms with Crippen LogP contribution in [0.2, 0.25) is 0 Å². The average Bonchev–Trinajstić information content (AvgIpc) is 2.05. The minimum absolute atomic E-state index is 0.238. The first kappa shape index (κ1) is 9.04. The topological polar surface area (TPSA) is 20.2 Å². The van der Waals surface area contributed by atoms with Crippen LogP contribution < -0.4 is 0 Å². The predicted molar refractivity (Wildman–Crippen MR) is 49.8 cm³/mol. The van der Waals surface area contributed by atoms with Crippen LogP contribution in [0.25, 0.3) is 0 Å². The van der Waals surface area contributed by atoms with E-state index >= 15 is 0 Å². The lowest BCUT2D eigenvalue weighted by molar-refractivity contribution is 0.202. The zero-order chi connectivity index (χ0) is 8.27. The van der Waals surface area contributed by atoms with Crippen LogP contribution in [-0.4, -0.2) is 11.0 Å². The van der Waals surface area contributed by atoms with Gasteiger partial charge in [-0.15, -0.1) is 11.6 Å². The number of benzene rings is 1. The molecule has 0 saturated heterocycles. The summed E-state index contributed by atoms with van der Waals surface area (Å²) in [4.78, 5) is 0. The fraction of sp³-hybridized carbons (Fsp3) is 0.250. The fourth-order valence-electron chi connectivity index (χ4n) is 0.774. The van der Waals surface area contributed by atoms with Crippen molar-refractivity contribution in [2.24, 2.45) is 0 Å². The highest BCUT2D eigenvalue weighted by molar-refractivity contribution is 9.10. The molecular weight excluding hydrogens is 227 g/mol. The monoisotopic (exact) mass is 234 g/mol. The van der Waals surface area contributed by atoms with E-state index in [0.29, 0.717) is 0 Å². The molecule has 0 saturated carbocycles. The largest absolute Gasteiger partial charge is 0.387 e. The Hall–Kier alpha value is -0.0500. The number of alkyl halides is 1. The van der Waals surface area contributed by atoms with Crippen LogP contribution in [0, 0.1) is 0 Å². The number of hydrogen-bond acceptors (Lipinski definition) is 1. The second-order valence-electron chi connectivity index (χ2n) is 2.22. The van der Waals surface area contributed by atoms with Crippen LogP contribution in [-0.2, 0) is 0 Å². The molecule has 1 rings (SSSR count).